The lowest BCUT2D eigenvalue weighted by Crippen LogP contribution is -2.49. The van der Waals surface area contributed by atoms with Crippen molar-refractivity contribution in [2.45, 2.75) is 24.2 Å². The van der Waals surface area contributed by atoms with Crippen molar-refractivity contribution in [3.05, 3.63) is 42.5 Å². The fraction of sp³-hybridized carbons (Fsp3) is 0.474. The summed E-state index contributed by atoms with van der Waals surface area (Å²) < 4.78 is 26.8. The van der Waals surface area contributed by atoms with Crippen LogP contribution < -0.4 is 0 Å². The van der Waals surface area contributed by atoms with Gasteiger partial charge >= 0.3 is 11.9 Å². The summed E-state index contributed by atoms with van der Waals surface area (Å²) in [6.07, 6.45) is 8.17. The molecule has 1 aromatic rings. The molecule has 28 heavy (non-hydrogen) atoms. The Hall–Kier alpha value is -2.23. The average molecular weight is 410 g/mol. The molecular formula is C19H26N2O6S. The molecule has 154 valence electrons. The monoisotopic (exact) mass is 410 g/mol. The Balaban J connectivity index is 0.000000409. The van der Waals surface area contributed by atoms with Gasteiger partial charge in [0.2, 0.25) is 10.0 Å². The van der Waals surface area contributed by atoms with Crippen molar-refractivity contribution in [2.75, 3.05) is 32.7 Å². The molecule has 2 N–H and O–H groups in total. The van der Waals surface area contributed by atoms with Gasteiger partial charge in [-0.25, -0.2) is 18.0 Å². The van der Waals surface area contributed by atoms with Gasteiger partial charge in [-0.3, -0.25) is 0 Å². The molecule has 0 saturated carbocycles. The molecule has 1 fully saturated rings. The molecule has 1 atom stereocenters. The van der Waals surface area contributed by atoms with Crippen LogP contribution in [0.5, 0.6) is 0 Å². The number of carboxylic acid groups (broad SMARTS) is 2. The minimum absolute atomic E-state index is 0.404. The Morgan fingerprint density at radius 1 is 0.964 bits per heavy atom. The van der Waals surface area contributed by atoms with Crippen molar-refractivity contribution in [2.24, 2.45) is 5.92 Å². The molecule has 8 nitrogen and oxygen atoms in total. The second kappa shape index (κ2) is 10.4. The van der Waals surface area contributed by atoms with Crippen LogP contribution in [0.15, 0.2) is 47.4 Å². The van der Waals surface area contributed by atoms with E-state index in [1.807, 2.05) is 6.07 Å². The molecule has 1 aliphatic carbocycles. The van der Waals surface area contributed by atoms with Crippen LogP contribution in [0, 0.1) is 5.92 Å². The quantitative estimate of drug-likeness (QED) is 0.571. The number of carbonyl (C=O) groups is 2. The van der Waals surface area contributed by atoms with Crippen molar-refractivity contribution in [1.82, 2.24) is 9.21 Å². The zero-order valence-electron chi connectivity index (χ0n) is 15.6. The van der Waals surface area contributed by atoms with Crippen LogP contribution in [0.25, 0.3) is 0 Å². The molecule has 1 aliphatic heterocycles. The molecule has 1 aromatic carbocycles. The van der Waals surface area contributed by atoms with Crippen molar-refractivity contribution >= 4 is 22.0 Å². The number of carboxylic acids is 2. The fourth-order valence-electron chi connectivity index (χ4n) is 3.28. The number of allylic oxidation sites excluding steroid dienone is 2. The van der Waals surface area contributed by atoms with E-state index in [1.165, 1.54) is 19.3 Å². The smallest absolute Gasteiger partial charge is 0.414 e. The van der Waals surface area contributed by atoms with E-state index in [0.717, 1.165) is 25.6 Å². The van der Waals surface area contributed by atoms with E-state index < -0.39 is 22.0 Å². The summed E-state index contributed by atoms with van der Waals surface area (Å²) in [5, 5.41) is 14.8. The first kappa shape index (κ1) is 22.1. The molecular weight excluding hydrogens is 384 g/mol. The third-order valence-electron chi connectivity index (χ3n) is 4.79. The summed E-state index contributed by atoms with van der Waals surface area (Å²) in [7, 11) is -3.32. The molecule has 1 unspecified atom stereocenters. The van der Waals surface area contributed by atoms with Crippen LogP contribution >= 0.6 is 0 Å². The second-order valence-corrected chi connectivity index (χ2v) is 8.72. The largest absolute Gasteiger partial charge is 0.473 e. The Bertz CT molecular complexity index is 774. The third-order valence-corrected chi connectivity index (χ3v) is 6.70. The van der Waals surface area contributed by atoms with Crippen LogP contribution in [0.4, 0.5) is 0 Å². The number of sulfonamides is 1. The second-order valence-electron chi connectivity index (χ2n) is 6.78. The Labute approximate surface area is 165 Å². The molecule has 0 radical (unpaired) electrons. The highest BCUT2D eigenvalue weighted by Crippen LogP contribution is 2.21. The lowest BCUT2D eigenvalue weighted by molar-refractivity contribution is -0.159. The van der Waals surface area contributed by atoms with E-state index in [-0.39, 0.29) is 0 Å². The van der Waals surface area contributed by atoms with Crippen LogP contribution in [-0.2, 0) is 19.6 Å². The molecule has 0 spiro atoms. The summed E-state index contributed by atoms with van der Waals surface area (Å²) in [6, 6.07) is 8.75. The van der Waals surface area contributed by atoms with Gasteiger partial charge < -0.3 is 15.1 Å². The molecule has 3 rings (SSSR count). The van der Waals surface area contributed by atoms with Crippen LogP contribution in [-0.4, -0.2) is 72.5 Å². The highest BCUT2D eigenvalue weighted by Gasteiger charge is 2.29. The minimum atomic E-state index is -3.32. The van der Waals surface area contributed by atoms with Gasteiger partial charge in [-0.15, -0.1) is 0 Å². The van der Waals surface area contributed by atoms with Gasteiger partial charge in [-0.1, -0.05) is 30.4 Å². The van der Waals surface area contributed by atoms with Crippen LogP contribution in [0.3, 0.4) is 0 Å². The molecule has 9 heteroatoms. The average Bonchev–Trinajstić information content (AvgIpc) is 2.70. The highest BCUT2D eigenvalue weighted by molar-refractivity contribution is 7.89. The van der Waals surface area contributed by atoms with E-state index in [1.54, 1.807) is 28.6 Å². The standard InChI is InChI=1S/C17H24N2O2S.C2H2O4/c20-22(21,17-9-5-2-6-10-17)19-13-11-18(12-14-19)15-16-7-3-1-4-8-16;3-1(4)2(5)6/h1-3,5-6,9-10,16H,4,7-8,11-15H2;(H,3,4)(H,5,6). The summed E-state index contributed by atoms with van der Waals surface area (Å²) in [5.41, 5.74) is 0. The van der Waals surface area contributed by atoms with E-state index in [4.69, 9.17) is 19.8 Å². The summed E-state index contributed by atoms with van der Waals surface area (Å²) >= 11 is 0. The Morgan fingerprint density at radius 3 is 2.07 bits per heavy atom. The van der Waals surface area contributed by atoms with Gasteiger partial charge in [-0.2, -0.15) is 4.31 Å². The van der Waals surface area contributed by atoms with Crippen molar-refractivity contribution in [3.8, 4) is 0 Å². The predicted molar refractivity (Wildman–Crippen MR) is 103 cm³/mol. The lowest BCUT2D eigenvalue weighted by Gasteiger charge is -2.36. The number of rotatable bonds is 4. The summed E-state index contributed by atoms with van der Waals surface area (Å²) in [4.78, 5) is 21.0. The van der Waals surface area contributed by atoms with Gasteiger partial charge in [0.15, 0.2) is 0 Å². The van der Waals surface area contributed by atoms with Crippen molar-refractivity contribution in [3.63, 3.8) is 0 Å². The molecule has 0 aromatic heterocycles. The topological polar surface area (TPSA) is 115 Å². The van der Waals surface area contributed by atoms with Crippen LogP contribution in [0.2, 0.25) is 0 Å². The summed E-state index contributed by atoms with van der Waals surface area (Å²) in [6.45, 7) is 3.97. The zero-order chi connectivity index (χ0) is 20.6. The first-order valence-electron chi connectivity index (χ1n) is 9.19. The van der Waals surface area contributed by atoms with E-state index in [2.05, 4.69) is 17.1 Å². The number of piperazine rings is 1. The maximum atomic E-state index is 12.6. The lowest BCUT2D eigenvalue weighted by atomic mass is 9.94. The maximum Gasteiger partial charge on any atom is 0.414 e. The Kier molecular flexibility index (Phi) is 8.16. The predicted octanol–water partition coefficient (Wildman–Crippen LogP) is 1.50. The molecule has 1 heterocycles. The first-order chi connectivity index (χ1) is 13.3. The fourth-order valence-corrected chi connectivity index (χ4v) is 4.72. The number of benzene rings is 1. The van der Waals surface area contributed by atoms with Gasteiger partial charge in [0.25, 0.3) is 0 Å². The molecule has 0 amide bonds. The number of hydrogen-bond acceptors (Lipinski definition) is 5. The van der Waals surface area contributed by atoms with Gasteiger partial charge in [0.05, 0.1) is 4.90 Å². The maximum absolute atomic E-state index is 12.6. The van der Waals surface area contributed by atoms with Gasteiger partial charge in [0, 0.05) is 32.7 Å². The Morgan fingerprint density at radius 2 is 1.57 bits per heavy atom. The number of nitrogens with zero attached hydrogens (tertiary/aromatic N) is 2. The van der Waals surface area contributed by atoms with Gasteiger partial charge in [0.1, 0.15) is 0 Å². The van der Waals surface area contributed by atoms with E-state index in [0.29, 0.717) is 18.0 Å². The van der Waals surface area contributed by atoms with E-state index in [9.17, 15) is 8.42 Å². The highest BCUT2D eigenvalue weighted by atomic mass is 32.2. The molecule has 0 bridgehead atoms. The SMILES string of the molecule is O=C(O)C(=O)O.O=S(=O)(c1ccccc1)N1CCN(CC2CC=CCC2)CC1. The summed E-state index contributed by atoms with van der Waals surface area (Å²) in [5.74, 6) is -2.91. The minimum Gasteiger partial charge on any atom is -0.473 e. The van der Waals surface area contributed by atoms with Crippen molar-refractivity contribution in [1.29, 1.82) is 0 Å². The zero-order valence-corrected chi connectivity index (χ0v) is 16.4. The van der Waals surface area contributed by atoms with Crippen molar-refractivity contribution < 1.29 is 28.2 Å². The number of hydrogen-bond donors (Lipinski definition) is 2. The normalized spacial score (nSPS) is 20.8. The van der Waals surface area contributed by atoms with E-state index >= 15 is 0 Å². The molecule has 2 aliphatic rings. The number of aliphatic carboxylic acids is 2. The molecule has 1 saturated heterocycles. The van der Waals surface area contributed by atoms with Gasteiger partial charge in [-0.05, 0) is 37.3 Å². The van der Waals surface area contributed by atoms with Crippen LogP contribution in [0.1, 0.15) is 19.3 Å². The third kappa shape index (κ3) is 6.43. The first-order valence-corrected chi connectivity index (χ1v) is 10.6.